The molecule has 2 fully saturated rings. The fraction of sp³-hybridized carbons (Fsp3) is 1.00. The molecule has 0 aromatic carbocycles. The Morgan fingerprint density at radius 1 is 1.36 bits per heavy atom. The molecule has 0 aliphatic carbocycles. The van der Waals surface area contributed by atoms with E-state index in [0.29, 0.717) is 0 Å². The van der Waals surface area contributed by atoms with Crippen LogP contribution in [0.4, 0.5) is 0 Å². The highest BCUT2D eigenvalue weighted by atomic mass is 32.2. The van der Waals surface area contributed by atoms with Crippen molar-refractivity contribution in [3.8, 4) is 0 Å². The summed E-state index contributed by atoms with van der Waals surface area (Å²) in [5.41, 5.74) is 0. The first-order valence-electron chi connectivity index (χ1n) is 4.66. The van der Waals surface area contributed by atoms with E-state index in [4.69, 9.17) is 0 Å². The lowest BCUT2D eigenvalue weighted by molar-refractivity contribution is 0.127. The molecule has 2 aliphatic rings. The first-order chi connectivity index (χ1) is 5.38. The van der Waals surface area contributed by atoms with Crippen molar-refractivity contribution >= 4 is 11.8 Å². The second kappa shape index (κ2) is 3.36. The SMILES string of the molecule is CN1CCCC2CSCCC21. The molecule has 0 radical (unpaired) electrons. The molecule has 2 unspecified atom stereocenters. The molecule has 11 heavy (non-hydrogen) atoms. The van der Waals surface area contributed by atoms with Crippen molar-refractivity contribution in [2.45, 2.75) is 25.3 Å². The zero-order valence-corrected chi connectivity index (χ0v) is 8.07. The summed E-state index contributed by atoms with van der Waals surface area (Å²) in [4.78, 5) is 2.58. The predicted octanol–water partition coefficient (Wildman–Crippen LogP) is 1.83. The number of fused-ring (bicyclic) bond motifs is 1. The molecule has 0 N–H and O–H groups in total. The van der Waals surface area contributed by atoms with Gasteiger partial charge < -0.3 is 4.90 Å². The molecule has 0 amide bonds. The zero-order chi connectivity index (χ0) is 7.68. The van der Waals surface area contributed by atoms with Gasteiger partial charge in [-0.15, -0.1) is 0 Å². The fourth-order valence-electron chi connectivity index (χ4n) is 2.41. The van der Waals surface area contributed by atoms with Gasteiger partial charge in [-0.05, 0) is 50.3 Å². The second-order valence-electron chi connectivity index (χ2n) is 3.81. The number of hydrogen-bond acceptors (Lipinski definition) is 2. The second-order valence-corrected chi connectivity index (χ2v) is 4.96. The summed E-state index contributed by atoms with van der Waals surface area (Å²) >= 11 is 2.16. The summed E-state index contributed by atoms with van der Waals surface area (Å²) in [6.07, 6.45) is 4.35. The third kappa shape index (κ3) is 1.57. The molecule has 2 heterocycles. The van der Waals surface area contributed by atoms with E-state index >= 15 is 0 Å². The number of nitrogens with zero attached hydrogens (tertiary/aromatic N) is 1. The molecule has 2 saturated heterocycles. The lowest BCUT2D eigenvalue weighted by Crippen LogP contribution is -2.45. The summed E-state index contributed by atoms with van der Waals surface area (Å²) in [7, 11) is 2.30. The van der Waals surface area contributed by atoms with E-state index < -0.39 is 0 Å². The third-order valence-corrected chi connectivity index (χ3v) is 4.27. The maximum atomic E-state index is 2.58. The highest BCUT2D eigenvalue weighted by Crippen LogP contribution is 2.32. The Morgan fingerprint density at radius 3 is 3.09 bits per heavy atom. The van der Waals surface area contributed by atoms with Crippen molar-refractivity contribution in [1.82, 2.24) is 4.90 Å². The standard InChI is InChI=1S/C9H17NS/c1-10-5-2-3-8-7-11-6-4-9(8)10/h8-9H,2-7H2,1H3. The van der Waals surface area contributed by atoms with Crippen LogP contribution in [-0.2, 0) is 0 Å². The monoisotopic (exact) mass is 171 g/mol. The Bertz CT molecular complexity index is 136. The van der Waals surface area contributed by atoms with Crippen LogP contribution in [0.25, 0.3) is 0 Å². The van der Waals surface area contributed by atoms with Crippen LogP contribution in [0.3, 0.4) is 0 Å². The number of rotatable bonds is 0. The highest BCUT2D eigenvalue weighted by molar-refractivity contribution is 7.99. The van der Waals surface area contributed by atoms with Gasteiger partial charge in [0, 0.05) is 6.04 Å². The molecule has 2 rings (SSSR count). The van der Waals surface area contributed by atoms with E-state index in [1.807, 2.05) is 0 Å². The normalized spacial score (nSPS) is 40.1. The molecule has 0 aromatic heterocycles. The van der Waals surface area contributed by atoms with Gasteiger partial charge in [-0.2, -0.15) is 11.8 Å². The van der Waals surface area contributed by atoms with Gasteiger partial charge in [0.25, 0.3) is 0 Å². The molecule has 0 spiro atoms. The van der Waals surface area contributed by atoms with Crippen LogP contribution in [0.5, 0.6) is 0 Å². The molecule has 64 valence electrons. The van der Waals surface area contributed by atoms with Crippen molar-refractivity contribution in [2.75, 3.05) is 25.1 Å². The van der Waals surface area contributed by atoms with Crippen LogP contribution in [0.2, 0.25) is 0 Å². The van der Waals surface area contributed by atoms with E-state index in [-0.39, 0.29) is 0 Å². The summed E-state index contributed by atoms with van der Waals surface area (Å²) in [5, 5.41) is 0. The van der Waals surface area contributed by atoms with E-state index in [0.717, 1.165) is 12.0 Å². The van der Waals surface area contributed by atoms with Gasteiger partial charge in [0.15, 0.2) is 0 Å². The van der Waals surface area contributed by atoms with Crippen LogP contribution in [-0.4, -0.2) is 36.0 Å². The molecule has 1 nitrogen and oxygen atoms in total. The van der Waals surface area contributed by atoms with Crippen molar-refractivity contribution < 1.29 is 0 Å². The van der Waals surface area contributed by atoms with Crippen molar-refractivity contribution in [3.05, 3.63) is 0 Å². The van der Waals surface area contributed by atoms with Crippen LogP contribution in [0.15, 0.2) is 0 Å². The third-order valence-electron chi connectivity index (χ3n) is 3.09. The Morgan fingerprint density at radius 2 is 2.27 bits per heavy atom. The minimum atomic E-state index is 0.935. The topological polar surface area (TPSA) is 3.24 Å². The molecule has 0 bridgehead atoms. The predicted molar refractivity (Wildman–Crippen MR) is 51.1 cm³/mol. The summed E-state index contributed by atoms with van der Waals surface area (Å²) in [5.74, 6) is 3.84. The summed E-state index contributed by atoms with van der Waals surface area (Å²) in [6.45, 7) is 1.34. The van der Waals surface area contributed by atoms with Crippen LogP contribution >= 0.6 is 11.8 Å². The molecule has 2 aliphatic heterocycles. The van der Waals surface area contributed by atoms with Crippen molar-refractivity contribution in [2.24, 2.45) is 5.92 Å². The largest absolute Gasteiger partial charge is 0.303 e. The molecular weight excluding hydrogens is 154 g/mol. The van der Waals surface area contributed by atoms with Crippen LogP contribution in [0.1, 0.15) is 19.3 Å². The highest BCUT2D eigenvalue weighted by Gasteiger charge is 2.30. The van der Waals surface area contributed by atoms with Gasteiger partial charge in [0.1, 0.15) is 0 Å². The first kappa shape index (κ1) is 7.93. The number of hydrogen-bond donors (Lipinski definition) is 0. The molecule has 0 aromatic rings. The summed E-state index contributed by atoms with van der Waals surface area (Å²) in [6, 6.07) is 0.935. The minimum Gasteiger partial charge on any atom is -0.303 e. The minimum absolute atomic E-state index is 0.935. The van der Waals surface area contributed by atoms with E-state index in [1.54, 1.807) is 0 Å². The van der Waals surface area contributed by atoms with E-state index in [9.17, 15) is 0 Å². The van der Waals surface area contributed by atoms with Crippen LogP contribution < -0.4 is 0 Å². The summed E-state index contributed by atoms with van der Waals surface area (Å²) < 4.78 is 0. The van der Waals surface area contributed by atoms with Gasteiger partial charge in [-0.1, -0.05) is 0 Å². The van der Waals surface area contributed by atoms with E-state index in [1.165, 1.54) is 37.3 Å². The average Bonchev–Trinajstić information content (AvgIpc) is 2.06. The average molecular weight is 171 g/mol. The lowest BCUT2D eigenvalue weighted by Gasteiger charge is -2.41. The molecular formula is C9H17NS. The molecule has 2 atom stereocenters. The Kier molecular flexibility index (Phi) is 2.42. The van der Waals surface area contributed by atoms with Crippen LogP contribution in [0, 0.1) is 5.92 Å². The number of likely N-dealkylation sites (tertiary alicyclic amines) is 1. The van der Waals surface area contributed by atoms with Crippen molar-refractivity contribution in [3.63, 3.8) is 0 Å². The quantitative estimate of drug-likeness (QED) is 0.547. The first-order valence-corrected chi connectivity index (χ1v) is 5.81. The number of piperidine rings is 1. The Labute approximate surface area is 73.5 Å². The van der Waals surface area contributed by atoms with Crippen molar-refractivity contribution in [1.29, 1.82) is 0 Å². The maximum absolute atomic E-state index is 2.58. The fourth-order valence-corrected chi connectivity index (χ4v) is 3.68. The zero-order valence-electron chi connectivity index (χ0n) is 7.25. The molecule has 2 heteroatoms. The van der Waals surface area contributed by atoms with Gasteiger partial charge >= 0.3 is 0 Å². The smallest absolute Gasteiger partial charge is 0.0136 e. The maximum Gasteiger partial charge on any atom is 0.0136 e. The lowest BCUT2D eigenvalue weighted by atomic mass is 9.89. The number of thioether (sulfide) groups is 1. The van der Waals surface area contributed by atoms with Gasteiger partial charge in [0.2, 0.25) is 0 Å². The molecule has 0 saturated carbocycles. The van der Waals surface area contributed by atoms with E-state index in [2.05, 4.69) is 23.7 Å². The van der Waals surface area contributed by atoms with Gasteiger partial charge in [-0.25, -0.2) is 0 Å². The Balaban J connectivity index is 1.99. The van der Waals surface area contributed by atoms with Gasteiger partial charge in [-0.3, -0.25) is 0 Å². The van der Waals surface area contributed by atoms with Gasteiger partial charge in [0.05, 0.1) is 0 Å². The Hall–Kier alpha value is 0.310.